The summed E-state index contributed by atoms with van der Waals surface area (Å²) in [7, 11) is 1.25. The Bertz CT molecular complexity index is 386. The maximum atomic E-state index is 13.4. The van der Waals surface area contributed by atoms with Gasteiger partial charge in [0.05, 0.1) is 7.11 Å². The number of esters is 1. The van der Waals surface area contributed by atoms with Crippen molar-refractivity contribution in [3.63, 3.8) is 0 Å². The zero-order chi connectivity index (χ0) is 11.4. The number of hydrogen-bond donors (Lipinski definition) is 0. The summed E-state index contributed by atoms with van der Waals surface area (Å²) in [5.74, 6) is -1.61. The van der Waals surface area contributed by atoms with Crippen molar-refractivity contribution in [2.45, 2.75) is 13.5 Å². The van der Waals surface area contributed by atoms with E-state index in [1.54, 1.807) is 0 Å². The van der Waals surface area contributed by atoms with Crippen LogP contribution in [0.1, 0.15) is 12.6 Å². The van der Waals surface area contributed by atoms with E-state index in [9.17, 15) is 9.18 Å². The molecule has 1 aromatic rings. The van der Waals surface area contributed by atoms with Crippen LogP contribution in [0.15, 0.2) is 0 Å². The van der Waals surface area contributed by atoms with Crippen LogP contribution < -0.4 is 4.74 Å². The van der Waals surface area contributed by atoms with Gasteiger partial charge in [-0.2, -0.15) is 9.37 Å². The summed E-state index contributed by atoms with van der Waals surface area (Å²) < 4.78 is 22.6. The van der Waals surface area contributed by atoms with E-state index in [1.807, 2.05) is 0 Å². The third-order valence-electron chi connectivity index (χ3n) is 1.47. The van der Waals surface area contributed by atoms with E-state index >= 15 is 0 Å². The van der Waals surface area contributed by atoms with Crippen molar-refractivity contribution in [3.8, 4) is 5.88 Å². The number of ether oxygens (including phenoxy) is 2. The zero-order valence-corrected chi connectivity index (χ0v) is 8.84. The molecule has 1 rings (SSSR count). The Morgan fingerprint density at radius 1 is 1.53 bits per heavy atom. The molecular formula is C8H8ClFN2O3. The van der Waals surface area contributed by atoms with E-state index in [1.165, 1.54) is 14.0 Å². The molecule has 0 aromatic carbocycles. The first-order valence-corrected chi connectivity index (χ1v) is 4.31. The van der Waals surface area contributed by atoms with Crippen molar-refractivity contribution in [1.82, 2.24) is 9.97 Å². The normalized spacial score (nSPS) is 9.87. The van der Waals surface area contributed by atoms with E-state index in [0.29, 0.717) is 0 Å². The third-order valence-corrected chi connectivity index (χ3v) is 1.64. The number of nitrogens with zero attached hydrogens (tertiary/aromatic N) is 2. The van der Waals surface area contributed by atoms with Gasteiger partial charge in [-0.25, -0.2) is 4.98 Å². The molecule has 0 bridgehead atoms. The van der Waals surface area contributed by atoms with Gasteiger partial charge in [0.1, 0.15) is 12.3 Å². The van der Waals surface area contributed by atoms with Crippen LogP contribution in [0.25, 0.3) is 0 Å². The van der Waals surface area contributed by atoms with Gasteiger partial charge in [-0.15, -0.1) is 0 Å². The number of methoxy groups -OCH3 is 1. The molecule has 0 aliphatic carbocycles. The first-order chi connectivity index (χ1) is 7.04. The molecule has 0 radical (unpaired) electrons. The minimum atomic E-state index is -0.789. The topological polar surface area (TPSA) is 61.3 Å². The fourth-order valence-corrected chi connectivity index (χ4v) is 1.02. The second kappa shape index (κ2) is 4.88. The van der Waals surface area contributed by atoms with Gasteiger partial charge in [-0.1, -0.05) is 0 Å². The van der Waals surface area contributed by atoms with Crippen LogP contribution in [0, 0.1) is 5.82 Å². The predicted octanol–water partition coefficient (Wildman–Crippen LogP) is 1.34. The van der Waals surface area contributed by atoms with Crippen molar-refractivity contribution >= 4 is 17.6 Å². The van der Waals surface area contributed by atoms with Crippen LogP contribution in [0.4, 0.5) is 4.39 Å². The lowest BCUT2D eigenvalue weighted by atomic mass is 10.4. The number of carbonyl (C=O) groups is 1. The lowest BCUT2D eigenvalue weighted by Crippen LogP contribution is -2.06. The molecule has 1 heterocycles. The highest BCUT2D eigenvalue weighted by atomic mass is 35.5. The second-order valence-corrected chi connectivity index (χ2v) is 2.88. The third kappa shape index (κ3) is 3.02. The van der Waals surface area contributed by atoms with Crippen LogP contribution in [-0.2, 0) is 16.1 Å². The monoisotopic (exact) mass is 234 g/mol. The molecule has 0 aliphatic heterocycles. The molecule has 0 N–H and O–H groups in total. The van der Waals surface area contributed by atoms with Crippen molar-refractivity contribution in [2.24, 2.45) is 0 Å². The highest BCUT2D eigenvalue weighted by molar-refractivity contribution is 6.28. The van der Waals surface area contributed by atoms with Gasteiger partial charge in [0.25, 0.3) is 5.88 Å². The van der Waals surface area contributed by atoms with Gasteiger partial charge < -0.3 is 9.47 Å². The van der Waals surface area contributed by atoms with E-state index in [-0.39, 0.29) is 23.5 Å². The van der Waals surface area contributed by atoms with E-state index in [4.69, 9.17) is 11.6 Å². The molecule has 7 heteroatoms. The summed E-state index contributed by atoms with van der Waals surface area (Å²) in [4.78, 5) is 17.6. The second-order valence-electron chi connectivity index (χ2n) is 2.54. The molecule has 0 fully saturated rings. The summed E-state index contributed by atoms with van der Waals surface area (Å²) in [6, 6.07) is 0. The molecule has 0 unspecified atom stereocenters. The van der Waals surface area contributed by atoms with Crippen LogP contribution in [0.3, 0.4) is 0 Å². The average Bonchev–Trinajstić information content (AvgIpc) is 2.18. The van der Waals surface area contributed by atoms with Crippen molar-refractivity contribution in [3.05, 3.63) is 16.8 Å². The molecule has 1 aromatic heterocycles. The van der Waals surface area contributed by atoms with Crippen molar-refractivity contribution < 1.29 is 18.7 Å². The fourth-order valence-electron chi connectivity index (χ4n) is 0.843. The number of rotatable bonds is 3. The van der Waals surface area contributed by atoms with Gasteiger partial charge in [0, 0.05) is 6.92 Å². The Labute approximate surface area is 90.2 Å². The largest absolute Gasteiger partial charge is 0.479 e. The summed E-state index contributed by atoms with van der Waals surface area (Å²) in [6.45, 7) is 0.900. The van der Waals surface area contributed by atoms with Gasteiger partial charge in [-0.3, -0.25) is 4.79 Å². The Morgan fingerprint density at radius 2 is 2.20 bits per heavy atom. The molecule has 0 saturated heterocycles. The SMILES string of the molecule is COc1nc(Cl)nc(COC(C)=O)c1F. The van der Waals surface area contributed by atoms with Crippen LogP contribution in [0.5, 0.6) is 5.88 Å². The molecule has 0 spiro atoms. The standard InChI is InChI=1S/C8H8ClFN2O3/c1-4(13)15-3-5-6(10)7(14-2)12-8(9)11-5/h3H2,1-2H3. The molecule has 0 saturated carbocycles. The number of hydrogen-bond acceptors (Lipinski definition) is 5. The van der Waals surface area contributed by atoms with E-state index < -0.39 is 11.8 Å². The predicted molar refractivity (Wildman–Crippen MR) is 49.0 cm³/mol. The van der Waals surface area contributed by atoms with Crippen LogP contribution >= 0.6 is 11.6 Å². The molecule has 5 nitrogen and oxygen atoms in total. The van der Waals surface area contributed by atoms with Gasteiger partial charge in [-0.05, 0) is 11.6 Å². The summed E-state index contributed by atoms with van der Waals surface area (Å²) in [5, 5.41) is -0.171. The Hall–Kier alpha value is -1.43. The number of carbonyl (C=O) groups excluding carboxylic acids is 1. The molecule has 0 aliphatic rings. The first-order valence-electron chi connectivity index (χ1n) is 3.94. The van der Waals surface area contributed by atoms with Crippen molar-refractivity contribution in [1.29, 1.82) is 0 Å². The van der Waals surface area contributed by atoms with Gasteiger partial charge in [0.15, 0.2) is 0 Å². The Balaban J connectivity index is 2.95. The van der Waals surface area contributed by atoms with Gasteiger partial charge in [0.2, 0.25) is 11.1 Å². The quantitative estimate of drug-likeness (QED) is 0.583. The maximum absolute atomic E-state index is 13.4. The smallest absolute Gasteiger partial charge is 0.303 e. The lowest BCUT2D eigenvalue weighted by molar-refractivity contribution is -0.142. The maximum Gasteiger partial charge on any atom is 0.303 e. The zero-order valence-electron chi connectivity index (χ0n) is 8.08. The minimum absolute atomic E-state index is 0.123. The highest BCUT2D eigenvalue weighted by Crippen LogP contribution is 2.19. The molecule has 82 valence electrons. The Morgan fingerprint density at radius 3 is 2.73 bits per heavy atom. The minimum Gasteiger partial charge on any atom is -0.479 e. The molecular weight excluding hydrogens is 227 g/mol. The van der Waals surface area contributed by atoms with Gasteiger partial charge >= 0.3 is 5.97 Å². The molecule has 0 amide bonds. The average molecular weight is 235 g/mol. The summed E-state index contributed by atoms with van der Waals surface area (Å²) >= 11 is 5.51. The Kier molecular flexibility index (Phi) is 3.79. The fraction of sp³-hybridized carbons (Fsp3) is 0.375. The number of aromatic nitrogens is 2. The summed E-state index contributed by atoms with van der Waals surface area (Å²) in [5.41, 5.74) is -0.123. The number of halogens is 2. The van der Waals surface area contributed by atoms with Crippen molar-refractivity contribution in [2.75, 3.05) is 7.11 Å². The van der Waals surface area contributed by atoms with Crippen LogP contribution in [0.2, 0.25) is 5.28 Å². The summed E-state index contributed by atoms with van der Waals surface area (Å²) in [6.07, 6.45) is 0. The lowest BCUT2D eigenvalue weighted by Gasteiger charge is -2.06. The molecule has 15 heavy (non-hydrogen) atoms. The molecule has 0 atom stereocenters. The highest BCUT2D eigenvalue weighted by Gasteiger charge is 2.15. The van der Waals surface area contributed by atoms with E-state index in [0.717, 1.165) is 0 Å². The van der Waals surface area contributed by atoms with Crippen LogP contribution in [-0.4, -0.2) is 23.0 Å². The van der Waals surface area contributed by atoms with E-state index in [2.05, 4.69) is 19.4 Å². The first kappa shape index (κ1) is 11.6.